The minimum absolute atomic E-state index is 0.0180. The SMILES string of the molecule is NCC1CCCC1C(=O)Nc1ccc([N+](=O)[O-])cc1Br. The summed E-state index contributed by atoms with van der Waals surface area (Å²) in [5.41, 5.74) is 6.20. The quantitative estimate of drug-likeness (QED) is 0.649. The number of nitrogens with zero attached hydrogens (tertiary/aromatic N) is 1. The van der Waals surface area contributed by atoms with Crippen molar-refractivity contribution in [3.8, 4) is 0 Å². The highest BCUT2D eigenvalue weighted by molar-refractivity contribution is 9.10. The molecule has 0 spiro atoms. The molecule has 1 fully saturated rings. The van der Waals surface area contributed by atoms with Crippen LogP contribution in [0.25, 0.3) is 0 Å². The maximum Gasteiger partial charge on any atom is 0.270 e. The van der Waals surface area contributed by atoms with Gasteiger partial charge in [-0.25, -0.2) is 0 Å². The molecule has 108 valence electrons. The summed E-state index contributed by atoms with van der Waals surface area (Å²) in [5, 5.41) is 13.5. The van der Waals surface area contributed by atoms with Crippen molar-refractivity contribution < 1.29 is 9.72 Å². The molecule has 1 aliphatic rings. The summed E-state index contributed by atoms with van der Waals surface area (Å²) in [6.45, 7) is 0.513. The Balaban J connectivity index is 2.10. The Hall–Kier alpha value is -1.47. The highest BCUT2D eigenvalue weighted by atomic mass is 79.9. The minimum Gasteiger partial charge on any atom is -0.330 e. The Bertz CT molecular complexity index is 536. The number of benzene rings is 1. The first-order valence-electron chi connectivity index (χ1n) is 6.47. The van der Waals surface area contributed by atoms with Gasteiger partial charge in [-0.2, -0.15) is 0 Å². The Labute approximate surface area is 125 Å². The van der Waals surface area contributed by atoms with Crippen molar-refractivity contribution in [2.75, 3.05) is 11.9 Å². The van der Waals surface area contributed by atoms with Gasteiger partial charge in [0.25, 0.3) is 5.69 Å². The van der Waals surface area contributed by atoms with Gasteiger partial charge in [-0.1, -0.05) is 6.42 Å². The molecule has 0 radical (unpaired) electrons. The number of amides is 1. The lowest BCUT2D eigenvalue weighted by molar-refractivity contribution is -0.384. The first-order valence-corrected chi connectivity index (χ1v) is 7.27. The van der Waals surface area contributed by atoms with Crippen molar-refractivity contribution in [1.29, 1.82) is 0 Å². The second-order valence-electron chi connectivity index (χ2n) is 4.94. The van der Waals surface area contributed by atoms with Crippen LogP contribution in [0.2, 0.25) is 0 Å². The number of hydrogen-bond donors (Lipinski definition) is 2. The van der Waals surface area contributed by atoms with Gasteiger partial charge in [0.1, 0.15) is 0 Å². The summed E-state index contributed by atoms with van der Waals surface area (Å²) in [6.07, 6.45) is 2.84. The summed E-state index contributed by atoms with van der Waals surface area (Å²) in [6, 6.07) is 4.28. The van der Waals surface area contributed by atoms with E-state index >= 15 is 0 Å². The third-order valence-corrected chi connectivity index (χ3v) is 4.38. The number of carbonyl (C=O) groups is 1. The first-order chi connectivity index (χ1) is 9.52. The average Bonchev–Trinajstić information content (AvgIpc) is 2.89. The van der Waals surface area contributed by atoms with Crippen LogP contribution in [-0.2, 0) is 4.79 Å². The van der Waals surface area contributed by atoms with Crippen LogP contribution in [0, 0.1) is 22.0 Å². The number of halogens is 1. The maximum atomic E-state index is 12.2. The summed E-state index contributed by atoms with van der Waals surface area (Å²) >= 11 is 3.24. The summed E-state index contributed by atoms with van der Waals surface area (Å²) in [4.78, 5) is 22.4. The predicted octanol–water partition coefficient (Wildman–Crippen LogP) is 2.67. The van der Waals surface area contributed by atoms with E-state index in [1.165, 1.54) is 18.2 Å². The molecule has 2 rings (SSSR count). The topological polar surface area (TPSA) is 98.3 Å². The van der Waals surface area contributed by atoms with Gasteiger partial charge in [-0.05, 0) is 47.3 Å². The molecule has 6 nitrogen and oxygen atoms in total. The van der Waals surface area contributed by atoms with Gasteiger partial charge in [0.15, 0.2) is 0 Å². The number of carbonyl (C=O) groups excluding carboxylic acids is 1. The molecular weight excluding hydrogens is 326 g/mol. The molecule has 1 aliphatic carbocycles. The van der Waals surface area contributed by atoms with Crippen LogP contribution in [0.5, 0.6) is 0 Å². The van der Waals surface area contributed by atoms with Crippen molar-refractivity contribution in [3.63, 3.8) is 0 Å². The van der Waals surface area contributed by atoms with Gasteiger partial charge in [0, 0.05) is 22.5 Å². The fourth-order valence-electron chi connectivity index (χ4n) is 2.61. The molecule has 1 amide bonds. The lowest BCUT2D eigenvalue weighted by atomic mass is 9.95. The van der Waals surface area contributed by atoms with Gasteiger partial charge in [-0.3, -0.25) is 14.9 Å². The molecule has 2 atom stereocenters. The van der Waals surface area contributed by atoms with Crippen LogP contribution in [0.4, 0.5) is 11.4 Å². The highest BCUT2D eigenvalue weighted by Gasteiger charge is 2.32. The average molecular weight is 342 g/mol. The summed E-state index contributed by atoms with van der Waals surface area (Å²) in [5.74, 6) is 0.0985. The molecule has 0 saturated heterocycles. The molecule has 0 aromatic heterocycles. The normalized spacial score (nSPS) is 21.7. The van der Waals surface area contributed by atoms with Crippen molar-refractivity contribution in [3.05, 3.63) is 32.8 Å². The number of nitrogens with two attached hydrogens (primary N) is 1. The van der Waals surface area contributed by atoms with Gasteiger partial charge < -0.3 is 11.1 Å². The number of nitro benzene ring substituents is 1. The lowest BCUT2D eigenvalue weighted by Crippen LogP contribution is -2.29. The lowest BCUT2D eigenvalue weighted by Gasteiger charge is -2.17. The zero-order valence-corrected chi connectivity index (χ0v) is 12.4. The number of nitrogens with one attached hydrogen (secondary N) is 1. The molecular formula is C13H16BrN3O3. The van der Waals surface area contributed by atoms with Crippen LogP contribution in [0.1, 0.15) is 19.3 Å². The van der Waals surface area contributed by atoms with Gasteiger partial charge in [-0.15, -0.1) is 0 Å². The number of rotatable bonds is 4. The fraction of sp³-hybridized carbons (Fsp3) is 0.462. The molecule has 3 N–H and O–H groups in total. The molecule has 1 saturated carbocycles. The largest absolute Gasteiger partial charge is 0.330 e. The molecule has 1 aromatic rings. The maximum absolute atomic E-state index is 12.2. The smallest absolute Gasteiger partial charge is 0.270 e. The van der Waals surface area contributed by atoms with E-state index in [9.17, 15) is 14.9 Å². The number of anilines is 1. The van der Waals surface area contributed by atoms with Gasteiger partial charge >= 0.3 is 0 Å². The molecule has 2 unspecified atom stereocenters. The van der Waals surface area contributed by atoms with Crippen LogP contribution >= 0.6 is 15.9 Å². The van der Waals surface area contributed by atoms with Crippen LogP contribution in [0.15, 0.2) is 22.7 Å². The molecule has 1 aromatic carbocycles. The van der Waals surface area contributed by atoms with E-state index in [1.54, 1.807) is 0 Å². The van der Waals surface area contributed by atoms with E-state index in [0.29, 0.717) is 16.7 Å². The monoisotopic (exact) mass is 341 g/mol. The minimum atomic E-state index is -0.474. The van der Waals surface area contributed by atoms with Crippen molar-refractivity contribution in [2.45, 2.75) is 19.3 Å². The third kappa shape index (κ3) is 3.16. The molecule has 20 heavy (non-hydrogen) atoms. The van der Waals surface area contributed by atoms with E-state index in [1.807, 2.05) is 0 Å². The predicted molar refractivity (Wildman–Crippen MR) is 79.3 cm³/mol. The Kier molecular flexibility index (Phi) is 4.72. The number of nitro groups is 1. The van der Waals surface area contributed by atoms with Gasteiger partial charge in [0.2, 0.25) is 5.91 Å². The number of non-ortho nitro benzene ring substituents is 1. The third-order valence-electron chi connectivity index (χ3n) is 3.72. The van der Waals surface area contributed by atoms with Crippen LogP contribution in [0.3, 0.4) is 0 Å². The Morgan fingerprint density at radius 1 is 1.50 bits per heavy atom. The van der Waals surface area contributed by atoms with E-state index in [4.69, 9.17) is 5.73 Å². The zero-order valence-electron chi connectivity index (χ0n) is 10.8. The first kappa shape index (κ1) is 14.9. The Morgan fingerprint density at radius 2 is 2.25 bits per heavy atom. The van der Waals surface area contributed by atoms with E-state index in [0.717, 1.165) is 19.3 Å². The van der Waals surface area contributed by atoms with E-state index in [2.05, 4.69) is 21.2 Å². The molecule has 0 bridgehead atoms. The van der Waals surface area contributed by atoms with Crippen molar-refractivity contribution >= 4 is 33.2 Å². The van der Waals surface area contributed by atoms with Crippen LogP contribution in [-0.4, -0.2) is 17.4 Å². The van der Waals surface area contributed by atoms with Crippen molar-refractivity contribution in [1.82, 2.24) is 0 Å². The highest BCUT2D eigenvalue weighted by Crippen LogP contribution is 2.33. The standard InChI is InChI=1S/C13H16BrN3O3/c14-11-6-9(17(19)20)4-5-12(11)16-13(18)10-3-1-2-8(10)7-15/h4-6,8,10H,1-3,7,15H2,(H,16,18). The fourth-order valence-corrected chi connectivity index (χ4v) is 3.07. The van der Waals surface area contributed by atoms with Crippen molar-refractivity contribution in [2.24, 2.45) is 17.6 Å². The van der Waals surface area contributed by atoms with E-state index in [-0.39, 0.29) is 23.4 Å². The summed E-state index contributed by atoms with van der Waals surface area (Å²) in [7, 11) is 0. The molecule has 7 heteroatoms. The second-order valence-corrected chi connectivity index (χ2v) is 5.80. The van der Waals surface area contributed by atoms with Crippen LogP contribution < -0.4 is 11.1 Å². The summed E-state index contributed by atoms with van der Waals surface area (Å²) < 4.78 is 0.502. The van der Waals surface area contributed by atoms with E-state index < -0.39 is 4.92 Å². The molecule has 0 heterocycles. The molecule has 0 aliphatic heterocycles. The zero-order chi connectivity index (χ0) is 14.7. The number of hydrogen-bond acceptors (Lipinski definition) is 4. The second kappa shape index (κ2) is 6.32. The van der Waals surface area contributed by atoms with Gasteiger partial charge in [0.05, 0.1) is 10.6 Å². The Morgan fingerprint density at radius 3 is 2.85 bits per heavy atom.